The summed E-state index contributed by atoms with van der Waals surface area (Å²) in [6.45, 7) is 1.90. The number of halogens is 1. The van der Waals surface area contributed by atoms with Crippen LogP contribution in [0.2, 0.25) is 5.15 Å². The molecule has 0 fully saturated rings. The molecule has 2 aromatic rings. The Morgan fingerprint density at radius 2 is 1.95 bits per heavy atom. The second kappa shape index (κ2) is 5.06. The van der Waals surface area contributed by atoms with Crippen molar-refractivity contribution < 1.29 is 4.79 Å². The van der Waals surface area contributed by atoms with Crippen LogP contribution < -0.4 is 0 Å². The van der Waals surface area contributed by atoms with Crippen molar-refractivity contribution in [1.29, 1.82) is 0 Å². The fraction of sp³-hybridized carbons (Fsp3) is 0.375. The van der Waals surface area contributed by atoms with Crippen molar-refractivity contribution in [3.8, 4) is 0 Å². The van der Waals surface area contributed by atoms with Crippen LogP contribution in [-0.2, 0) is 31.1 Å². The lowest BCUT2D eigenvalue weighted by atomic mass is 9.95. The Kier molecular flexibility index (Phi) is 3.38. The smallest absolute Gasteiger partial charge is 0.141 e. The lowest BCUT2D eigenvalue weighted by Crippen LogP contribution is -2.17. The number of aromatic nitrogens is 2. The van der Waals surface area contributed by atoms with E-state index in [4.69, 9.17) is 11.6 Å². The second-order valence-corrected chi connectivity index (χ2v) is 5.85. The molecule has 0 saturated heterocycles. The van der Waals surface area contributed by atoms with Gasteiger partial charge in [-0.15, -0.1) is 0 Å². The average molecular weight is 289 g/mol. The Balaban J connectivity index is 1.76. The van der Waals surface area contributed by atoms with Crippen LogP contribution in [0.5, 0.6) is 0 Å². The fourth-order valence-corrected chi connectivity index (χ4v) is 3.22. The molecular weight excluding hydrogens is 272 g/mol. The second-order valence-electron chi connectivity index (χ2n) is 5.50. The van der Waals surface area contributed by atoms with Crippen LogP contribution in [0.25, 0.3) is 0 Å². The monoisotopic (exact) mass is 288 g/mol. The fourth-order valence-electron chi connectivity index (χ4n) is 2.98. The number of benzene rings is 1. The maximum absolute atomic E-state index is 12.5. The maximum atomic E-state index is 12.5. The first kappa shape index (κ1) is 13.4. The number of carbonyl (C=O) groups excluding carboxylic acids is 1. The molecule has 0 N–H and O–H groups in total. The van der Waals surface area contributed by atoms with Crippen molar-refractivity contribution in [2.45, 2.75) is 26.2 Å². The number of nitrogens with zero attached hydrogens (tertiary/aromatic N) is 2. The Morgan fingerprint density at radius 3 is 2.45 bits per heavy atom. The Labute approximate surface area is 123 Å². The summed E-state index contributed by atoms with van der Waals surface area (Å²) in [5, 5.41) is 4.84. The van der Waals surface area contributed by atoms with E-state index in [0.717, 1.165) is 24.1 Å². The molecule has 20 heavy (non-hydrogen) atoms. The van der Waals surface area contributed by atoms with Gasteiger partial charge in [-0.05, 0) is 30.9 Å². The summed E-state index contributed by atoms with van der Waals surface area (Å²) < 4.78 is 1.63. The first-order chi connectivity index (χ1) is 9.56. The SMILES string of the molecule is Cc1nn(C)c(Cl)c1CC(=O)C1Cc2ccccc2C1. The molecule has 1 aromatic heterocycles. The van der Waals surface area contributed by atoms with Crippen LogP contribution in [0.1, 0.15) is 22.4 Å². The van der Waals surface area contributed by atoms with E-state index in [9.17, 15) is 4.79 Å². The minimum Gasteiger partial charge on any atom is -0.299 e. The molecule has 4 heteroatoms. The van der Waals surface area contributed by atoms with Crippen molar-refractivity contribution >= 4 is 17.4 Å². The zero-order chi connectivity index (χ0) is 14.3. The molecule has 0 atom stereocenters. The van der Waals surface area contributed by atoms with Gasteiger partial charge in [-0.3, -0.25) is 9.48 Å². The van der Waals surface area contributed by atoms with Crippen molar-refractivity contribution in [2.75, 3.05) is 0 Å². The number of aryl methyl sites for hydroxylation is 2. The zero-order valence-corrected chi connectivity index (χ0v) is 12.4. The zero-order valence-electron chi connectivity index (χ0n) is 11.7. The van der Waals surface area contributed by atoms with E-state index in [2.05, 4.69) is 17.2 Å². The third-order valence-electron chi connectivity index (χ3n) is 4.13. The number of ketones is 1. The van der Waals surface area contributed by atoms with Crippen LogP contribution in [0.15, 0.2) is 24.3 Å². The molecule has 1 aromatic carbocycles. The molecule has 0 radical (unpaired) electrons. The third-order valence-corrected chi connectivity index (χ3v) is 4.60. The highest BCUT2D eigenvalue weighted by Crippen LogP contribution is 2.29. The number of carbonyl (C=O) groups is 1. The number of rotatable bonds is 3. The highest BCUT2D eigenvalue weighted by molar-refractivity contribution is 6.30. The van der Waals surface area contributed by atoms with Gasteiger partial charge in [0.1, 0.15) is 10.9 Å². The molecule has 104 valence electrons. The van der Waals surface area contributed by atoms with E-state index in [1.807, 2.05) is 19.1 Å². The molecule has 0 bridgehead atoms. The number of fused-ring (bicyclic) bond motifs is 1. The van der Waals surface area contributed by atoms with E-state index < -0.39 is 0 Å². The number of Topliss-reactive ketones (excluding diaryl/α,β-unsaturated/α-hetero) is 1. The predicted octanol–water partition coefficient (Wildman–Crippen LogP) is 2.91. The molecule has 1 heterocycles. The van der Waals surface area contributed by atoms with Gasteiger partial charge in [-0.25, -0.2) is 0 Å². The van der Waals surface area contributed by atoms with E-state index in [1.54, 1.807) is 11.7 Å². The number of hydrogen-bond acceptors (Lipinski definition) is 2. The normalized spacial score (nSPS) is 14.6. The van der Waals surface area contributed by atoms with E-state index in [-0.39, 0.29) is 11.7 Å². The molecule has 0 saturated carbocycles. The van der Waals surface area contributed by atoms with Crippen molar-refractivity contribution in [2.24, 2.45) is 13.0 Å². The van der Waals surface area contributed by atoms with Crippen LogP contribution in [0, 0.1) is 12.8 Å². The summed E-state index contributed by atoms with van der Waals surface area (Å²) in [6, 6.07) is 8.30. The molecule has 3 nitrogen and oxygen atoms in total. The third kappa shape index (κ3) is 2.27. The van der Waals surface area contributed by atoms with Gasteiger partial charge in [0.25, 0.3) is 0 Å². The van der Waals surface area contributed by atoms with Gasteiger partial charge in [0.05, 0.1) is 5.69 Å². The molecule has 0 aliphatic heterocycles. The van der Waals surface area contributed by atoms with E-state index >= 15 is 0 Å². The molecule has 0 amide bonds. The van der Waals surface area contributed by atoms with E-state index in [1.165, 1.54) is 11.1 Å². The van der Waals surface area contributed by atoms with Crippen molar-refractivity contribution in [3.05, 3.63) is 51.8 Å². The molecule has 0 unspecified atom stereocenters. The Bertz CT molecular complexity index is 650. The molecular formula is C16H17ClN2O. The van der Waals surface area contributed by atoms with Crippen molar-refractivity contribution in [3.63, 3.8) is 0 Å². The Morgan fingerprint density at radius 1 is 1.35 bits per heavy atom. The summed E-state index contributed by atoms with van der Waals surface area (Å²) in [6.07, 6.45) is 2.09. The molecule has 1 aliphatic carbocycles. The minimum atomic E-state index is 0.0862. The molecule has 1 aliphatic rings. The standard InChI is InChI=1S/C16H17ClN2O/c1-10-14(16(17)19(2)18-10)9-15(20)13-7-11-5-3-4-6-12(11)8-13/h3-6,13H,7-9H2,1-2H3. The van der Waals surface area contributed by atoms with Gasteiger partial charge in [-0.2, -0.15) is 5.10 Å². The van der Waals surface area contributed by atoms with E-state index in [0.29, 0.717) is 11.6 Å². The average Bonchev–Trinajstić information content (AvgIpc) is 2.95. The van der Waals surface area contributed by atoms with Crippen LogP contribution in [0.3, 0.4) is 0 Å². The van der Waals surface area contributed by atoms with Gasteiger partial charge < -0.3 is 0 Å². The molecule has 0 spiro atoms. The van der Waals surface area contributed by atoms with Gasteiger partial charge in [0.2, 0.25) is 0 Å². The first-order valence-electron chi connectivity index (χ1n) is 6.83. The highest BCUT2D eigenvalue weighted by Gasteiger charge is 2.28. The summed E-state index contributed by atoms with van der Waals surface area (Å²) in [5.74, 6) is 0.349. The number of hydrogen-bond donors (Lipinski definition) is 0. The van der Waals surface area contributed by atoms with Crippen LogP contribution in [0.4, 0.5) is 0 Å². The minimum absolute atomic E-state index is 0.0862. The lowest BCUT2D eigenvalue weighted by Gasteiger charge is -2.07. The topological polar surface area (TPSA) is 34.9 Å². The largest absolute Gasteiger partial charge is 0.299 e. The summed E-state index contributed by atoms with van der Waals surface area (Å²) in [5.41, 5.74) is 4.33. The summed E-state index contributed by atoms with van der Waals surface area (Å²) in [4.78, 5) is 12.5. The van der Waals surface area contributed by atoms with Crippen LogP contribution in [-0.4, -0.2) is 15.6 Å². The van der Waals surface area contributed by atoms with Gasteiger partial charge in [0.15, 0.2) is 0 Å². The molecule has 3 rings (SSSR count). The predicted molar refractivity (Wildman–Crippen MR) is 79.0 cm³/mol. The first-order valence-corrected chi connectivity index (χ1v) is 7.21. The summed E-state index contributed by atoms with van der Waals surface area (Å²) in [7, 11) is 1.80. The summed E-state index contributed by atoms with van der Waals surface area (Å²) >= 11 is 6.20. The quantitative estimate of drug-likeness (QED) is 0.870. The van der Waals surface area contributed by atoms with Gasteiger partial charge >= 0.3 is 0 Å². The van der Waals surface area contributed by atoms with Crippen LogP contribution >= 0.6 is 11.6 Å². The Hall–Kier alpha value is -1.61. The lowest BCUT2D eigenvalue weighted by molar-refractivity contribution is -0.121. The van der Waals surface area contributed by atoms with Crippen molar-refractivity contribution in [1.82, 2.24) is 9.78 Å². The van der Waals surface area contributed by atoms with Gasteiger partial charge in [-0.1, -0.05) is 35.9 Å². The highest BCUT2D eigenvalue weighted by atomic mass is 35.5. The van der Waals surface area contributed by atoms with Gasteiger partial charge in [0, 0.05) is 24.9 Å². The maximum Gasteiger partial charge on any atom is 0.141 e.